The maximum atomic E-state index is 12.1. The van der Waals surface area contributed by atoms with Gasteiger partial charge in [-0.1, -0.05) is 0 Å². The zero-order chi connectivity index (χ0) is 16.1. The van der Waals surface area contributed by atoms with Crippen LogP contribution in [-0.2, 0) is 0 Å². The fourth-order valence-corrected chi connectivity index (χ4v) is 1.86. The first-order chi connectivity index (χ1) is 10.5. The largest absolute Gasteiger partial charge is 0.497 e. The van der Waals surface area contributed by atoms with Crippen LogP contribution in [0.5, 0.6) is 17.2 Å². The van der Waals surface area contributed by atoms with E-state index < -0.39 is 5.97 Å². The zero-order valence-corrected chi connectivity index (χ0v) is 12.6. The van der Waals surface area contributed by atoms with Crippen LogP contribution in [0, 0.1) is 0 Å². The number of hydrogen-bond donors (Lipinski definition) is 0. The Morgan fingerprint density at radius 1 is 0.818 bits per heavy atom. The minimum atomic E-state index is -0.517. The van der Waals surface area contributed by atoms with Crippen LogP contribution in [0.15, 0.2) is 42.5 Å². The Labute approximate surface area is 128 Å². The molecule has 114 valence electrons. The van der Waals surface area contributed by atoms with E-state index >= 15 is 0 Å². The Balaban J connectivity index is 2.21. The van der Waals surface area contributed by atoms with Crippen molar-refractivity contribution in [3.8, 4) is 17.2 Å². The lowest BCUT2D eigenvalue weighted by atomic mass is 10.1. The Bertz CT molecular complexity index is 689. The highest BCUT2D eigenvalue weighted by Crippen LogP contribution is 2.29. The summed E-state index contributed by atoms with van der Waals surface area (Å²) in [6, 6.07) is 11.2. The van der Waals surface area contributed by atoms with Gasteiger partial charge in [0, 0.05) is 5.56 Å². The van der Waals surface area contributed by atoms with Crippen LogP contribution in [0.1, 0.15) is 27.6 Å². The molecule has 0 spiro atoms. The number of rotatable bonds is 5. The maximum Gasteiger partial charge on any atom is 0.343 e. The molecular formula is C17H16O5. The van der Waals surface area contributed by atoms with Crippen LogP contribution in [-0.4, -0.2) is 26.0 Å². The molecule has 2 aromatic rings. The Morgan fingerprint density at radius 2 is 1.45 bits per heavy atom. The van der Waals surface area contributed by atoms with Crippen molar-refractivity contribution in [2.24, 2.45) is 0 Å². The van der Waals surface area contributed by atoms with Crippen molar-refractivity contribution in [1.29, 1.82) is 0 Å². The molecule has 0 aliphatic rings. The standard InChI is InChI=1S/C17H16O5/c1-11(18)13-6-9-15(16(10-13)21-3)22-17(19)12-4-7-14(20-2)8-5-12/h4-10H,1-3H3. The van der Waals surface area contributed by atoms with E-state index in [1.54, 1.807) is 43.5 Å². The number of benzene rings is 2. The summed E-state index contributed by atoms with van der Waals surface area (Å²) in [5, 5.41) is 0. The van der Waals surface area contributed by atoms with Gasteiger partial charge in [0.15, 0.2) is 17.3 Å². The van der Waals surface area contributed by atoms with Crippen molar-refractivity contribution in [2.45, 2.75) is 6.92 Å². The Kier molecular flexibility index (Phi) is 4.78. The molecule has 0 saturated heterocycles. The number of ketones is 1. The summed E-state index contributed by atoms with van der Waals surface area (Å²) in [5.41, 5.74) is 0.875. The van der Waals surface area contributed by atoms with E-state index in [2.05, 4.69) is 0 Å². The molecule has 5 nitrogen and oxygen atoms in total. The van der Waals surface area contributed by atoms with Gasteiger partial charge in [-0.25, -0.2) is 4.79 Å². The number of carbonyl (C=O) groups is 2. The van der Waals surface area contributed by atoms with Gasteiger partial charge in [0.1, 0.15) is 5.75 Å². The third-order valence-corrected chi connectivity index (χ3v) is 3.10. The molecule has 22 heavy (non-hydrogen) atoms. The van der Waals surface area contributed by atoms with Crippen molar-refractivity contribution in [2.75, 3.05) is 14.2 Å². The average molecular weight is 300 g/mol. The number of methoxy groups -OCH3 is 2. The monoisotopic (exact) mass is 300 g/mol. The van der Waals surface area contributed by atoms with Crippen LogP contribution < -0.4 is 14.2 Å². The summed E-state index contributed by atoms with van der Waals surface area (Å²) in [6.45, 7) is 1.46. The highest BCUT2D eigenvalue weighted by atomic mass is 16.6. The second kappa shape index (κ2) is 6.76. The summed E-state index contributed by atoms with van der Waals surface area (Å²) in [7, 11) is 3.00. The molecule has 0 radical (unpaired) electrons. The van der Waals surface area contributed by atoms with Gasteiger partial charge in [-0.15, -0.1) is 0 Å². The molecule has 0 bridgehead atoms. The van der Waals surface area contributed by atoms with Crippen molar-refractivity contribution in [3.63, 3.8) is 0 Å². The van der Waals surface area contributed by atoms with Gasteiger partial charge in [0.2, 0.25) is 0 Å². The molecular weight excluding hydrogens is 284 g/mol. The fraction of sp³-hybridized carbons (Fsp3) is 0.176. The third-order valence-electron chi connectivity index (χ3n) is 3.10. The second-order valence-corrected chi connectivity index (χ2v) is 4.54. The SMILES string of the molecule is COc1ccc(C(=O)Oc2ccc(C(C)=O)cc2OC)cc1. The fourth-order valence-electron chi connectivity index (χ4n) is 1.86. The molecule has 0 aliphatic carbocycles. The van der Waals surface area contributed by atoms with Gasteiger partial charge in [0.25, 0.3) is 0 Å². The number of ether oxygens (including phenoxy) is 3. The summed E-state index contributed by atoms with van der Waals surface area (Å²) >= 11 is 0. The predicted octanol–water partition coefficient (Wildman–Crippen LogP) is 3.13. The van der Waals surface area contributed by atoms with Crippen LogP contribution in [0.3, 0.4) is 0 Å². The number of hydrogen-bond acceptors (Lipinski definition) is 5. The van der Waals surface area contributed by atoms with Crippen molar-refractivity contribution < 1.29 is 23.8 Å². The van der Waals surface area contributed by atoms with Gasteiger partial charge in [-0.3, -0.25) is 4.79 Å². The van der Waals surface area contributed by atoms with E-state index in [-0.39, 0.29) is 11.5 Å². The Morgan fingerprint density at radius 3 is 2.00 bits per heavy atom. The molecule has 0 aliphatic heterocycles. The highest BCUT2D eigenvalue weighted by Gasteiger charge is 2.14. The van der Waals surface area contributed by atoms with Crippen LogP contribution in [0.4, 0.5) is 0 Å². The van der Waals surface area contributed by atoms with Crippen molar-refractivity contribution in [1.82, 2.24) is 0 Å². The highest BCUT2D eigenvalue weighted by molar-refractivity contribution is 5.95. The first-order valence-corrected chi connectivity index (χ1v) is 6.60. The lowest BCUT2D eigenvalue weighted by molar-refractivity contribution is 0.0729. The molecule has 0 saturated carbocycles. The first kappa shape index (κ1) is 15.6. The van der Waals surface area contributed by atoms with Gasteiger partial charge < -0.3 is 14.2 Å². The van der Waals surface area contributed by atoms with Gasteiger partial charge >= 0.3 is 5.97 Å². The van der Waals surface area contributed by atoms with Crippen LogP contribution in [0.2, 0.25) is 0 Å². The van der Waals surface area contributed by atoms with E-state index in [9.17, 15) is 9.59 Å². The molecule has 0 fully saturated rings. The molecule has 2 aromatic carbocycles. The lowest BCUT2D eigenvalue weighted by Crippen LogP contribution is -2.09. The summed E-state index contributed by atoms with van der Waals surface area (Å²) in [6.07, 6.45) is 0. The summed E-state index contributed by atoms with van der Waals surface area (Å²) in [4.78, 5) is 23.5. The Hall–Kier alpha value is -2.82. The van der Waals surface area contributed by atoms with E-state index in [1.807, 2.05) is 0 Å². The minimum absolute atomic E-state index is 0.0914. The molecule has 2 rings (SSSR count). The second-order valence-electron chi connectivity index (χ2n) is 4.54. The molecule has 0 unspecified atom stereocenters. The maximum absolute atomic E-state index is 12.1. The van der Waals surface area contributed by atoms with Gasteiger partial charge in [-0.2, -0.15) is 0 Å². The molecule has 0 atom stereocenters. The third kappa shape index (κ3) is 3.44. The van der Waals surface area contributed by atoms with Crippen molar-refractivity contribution in [3.05, 3.63) is 53.6 Å². The van der Waals surface area contributed by atoms with E-state index in [4.69, 9.17) is 14.2 Å². The average Bonchev–Trinajstić information content (AvgIpc) is 2.55. The molecule has 0 N–H and O–H groups in total. The number of esters is 1. The smallest absolute Gasteiger partial charge is 0.343 e. The van der Waals surface area contributed by atoms with Gasteiger partial charge in [0.05, 0.1) is 19.8 Å². The lowest BCUT2D eigenvalue weighted by Gasteiger charge is -2.10. The predicted molar refractivity (Wildman–Crippen MR) is 81.0 cm³/mol. The quantitative estimate of drug-likeness (QED) is 0.482. The number of Topliss-reactive ketones (excluding diaryl/α,β-unsaturated/α-hetero) is 1. The van der Waals surface area contributed by atoms with E-state index in [0.717, 1.165) is 0 Å². The topological polar surface area (TPSA) is 61.8 Å². The molecule has 5 heteroatoms. The van der Waals surface area contributed by atoms with Gasteiger partial charge in [-0.05, 0) is 49.4 Å². The van der Waals surface area contributed by atoms with E-state index in [0.29, 0.717) is 22.6 Å². The minimum Gasteiger partial charge on any atom is -0.497 e. The molecule has 0 heterocycles. The van der Waals surface area contributed by atoms with Crippen LogP contribution >= 0.6 is 0 Å². The van der Waals surface area contributed by atoms with Crippen molar-refractivity contribution >= 4 is 11.8 Å². The molecule has 0 amide bonds. The summed E-state index contributed by atoms with van der Waals surface area (Å²) < 4.78 is 15.5. The van der Waals surface area contributed by atoms with E-state index in [1.165, 1.54) is 20.1 Å². The number of carbonyl (C=O) groups excluding carboxylic acids is 2. The normalized spacial score (nSPS) is 9.95. The zero-order valence-electron chi connectivity index (χ0n) is 12.6. The summed E-state index contributed by atoms with van der Waals surface area (Å²) in [5.74, 6) is 0.630. The molecule has 0 aromatic heterocycles. The van der Waals surface area contributed by atoms with Crippen LogP contribution in [0.25, 0.3) is 0 Å². The first-order valence-electron chi connectivity index (χ1n) is 6.60.